The molecule has 290 valence electrons. The van der Waals surface area contributed by atoms with Crippen LogP contribution in [0.2, 0.25) is 0 Å². The highest BCUT2D eigenvalue weighted by molar-refractivity contribution is 6.00. The molecule has 0 bridgehead atoms. The van der Waals surface area contributed by atoms with Gasteiger partial charge in [0, 0.05) is 13.5 Å². The Hall–Kier alpha value is -5.27. The number of nitrogens with one attached hydrogen (secondary N) is 4. The number of nitrogens with zero attached hydrogens (tertiary/aromatic N) is 1. The van der Waals surface area contributed by atoms with Crippen molar-refractivity contribution in [1.82, 2.24) is 26.2 Å². The molecule has 0 aliphatic carbocycles. The van der Waals surface area contributed by atoms with E-state index < -0.39 is 89.8 Å². The Morgan fingerprint density at radius 3 is 2.08 bits per heavy atom. The Kier molecular flexibility index (Phi) is 17.1. The second-order valence-electron chi connectivity index (χ2n) is 14.0. The second kappa shape index (κ2) is 20.7. The SMILES string of the molecule is C/C=C1/C(=O)N[C@@H](C(=O)O)[C@H](C)C(=O)N[C@@H](C(C)C)C(=O)N[C@@H](/C=C/C(C)=C/[C@H](C)CCc2ccccc2)C(C)C(=O)N[C@@H](C(=O)O)CCC(=O)N1C. The standard InChI is InChI=1S/C39H55N5O9/c1-9-30-36(48)43-33(39(52)53)26(7)35(47)42-32(22(2)3)37(49)40-28(18-16-24(5)21-23(4)15-17-27-13-11-10-12-14-27)25(6)34(46)41-29(38(50)51)19-20-31(45)44(30)8/h9-14,16,18,21-23,25-26,28-29,32-33H,15,17,19-20H2,1-8H3,(H,40,49)(H,41,46)(H,42,47)(H,43,48)(H,50,51)(H,52,53)/b18-16+,24-21+,30-9-/t23-,25?,26+,28+,29-,32+,33-/m1/s1. The summed E-state index contributed by atoms with van der Waals surface area (Å²) in [5, 5.41) is 30.1. The predicted octanol–water partition coefficient (Wildman–Crippen LogP) is 2.95. The molecular weight excluding hydrogens is 682 g/mol. The highest BCUT2D eigenvalue weighted by Crippen LogP contribution is 2.17. The van der Waals surface area contributed by atoms with Crippen molar-refractivity contribution < 1.29 is 43.8 Å². The average molecular weight is 738 g/mol. The molecule has 1 fully saturated rings. The third-order valence-electron chi connectivity index (χ3n) is 9.32. The lowest BCUT2D eigenvalue weighted by Gasteiger charge is -2.29. The van der Waals surface area contributed by atoms with Gasteiger partial charge in [0.1, 0.15) is 23.8 Å². The van der Waals surface area contributed by atoms with Crippen molar-refractivity contribution in [3.8, 4) is 0 Å². The predicted molar refractivity (Wildman–Crippen MR) is 199 cm³/mol. The average Bonchev–Trinajstić information content (AvgIpc) is 3.10. The minimum absolute atomic E-state index is 0.202. The number of hydrogen-bond donors (Lipinski definition) is 6. The number of carboxylic acids is 2. The van der Waals surface area contributed by atoms with Gasteiger partial charge in [-0.2, -0.15) is 0 Å². The van der Waals surface area contributed by atoms with E-state index in [1.54, 1.807) is 26.0 Å². The summed E-state index contributed by atoms with van der Waals surface area (Å²) in [7, 11) is 1.27. The topological polar surface area (TPSA) is 211 Å². The van der Waals surface area contributed by atoms with E-state index in [2.05, 4.69) is 46.4 Å². The van der Waals surface area contributed by atoms with Crippen LogP contribution in [0.1, 0.15) is 73.3 Å². The van der Waals surface area contributed by atoms with Crippen LogP contribution in [0.15, 0.2) is 65.9 Å². The summed E-state index contributed by atoms with van der Waals surface area (Å²) in [6, 6.07) is 4.71. The molecule has 1 aromatic rings. The van der Waals surface area contributed by atoms with Crippen LogP contribution >= 0.6 is 0 Å². The first-order valence-corrected chi connectivity index (χ1v) is 17.9. The minimum Gasteiger partial charge on any atom is -0.480 e. The van der Waals surface area contributed by atoms with E-state index in [9.17, 15) is 43.8 Å². The van der Waals surface area contributed by atoms with Gasteiger partial charge in [0.15, 0.2) is 0 Å². The lowest BCUT2D eigenvalue weighted by Crippen LogP contribution is -2.57. The van der Waals surface area contributed by atoms with Crippen molar-refractivity contribution in [1.29, 1.82) is 0 Å². The van der Waals surface area contributed by atoms with Gasteiger partial charge < -0.3 is 36.4 Å². The molecule has 14 nitrogen and oxygen atoms in total. The number of aliphatic carboxylic acids is 2. The quantitative estimate of drug-likeness (QED) is 0.162. The van der Waals surface area contributed by atoms with Crippen molar-refractivity contribution >= 4 is 41.5 Å². The van der Waals surface area contributed by atoms with Gasteiger partial charge in [0.05, 0.1) is 17.9 Å². The lowest BCUT2D eigenvalue weighted by atomic mass is 9.95. The lowest BCUT2D eigenvalue weighted by molar-refractivity contribution is -0.146. The zero-order chi connectivity index (χ0) is 40.0. The summed E-state index contributed by atoms with van der Waals surface area (Å²) in [6.45, 7) is 11.6. The van der Waals surface area contributed by atoms with Crippen molar-refractivity contribution in [2.75, 3.05) is 7.05 Å². The van der Waals surface area contributed by atoms with Gasteiger partial charge >= 0.3 is 11.9 Å². The molecule has 1 aromatic carbocycles. The maximum Gasteiger partial charge on any atom is 0.327 e. The van der Waals surface area contributed by atoms with Crippen LogP contribution in [0.5, 0.6) is 0 Å². The van der Waals surface area contributed by atoms with Crippen LogP contribution < -0.4 is 21.3 Å². The van der Waals surface area contributed by atoms with E-state index in [1.165, 1.54) is 39.5 Å². The second-order valence-corrected chi connectivity index (χ2v) is 14.0. The third kappa shape index (κ3) is 13.3. The van der Waals surface area contributed by atoms with Gasteiger partial charge in [0.2, 0.25) is 23.6 Å². The van der Waals surface area contributed by atoms with E-state index in [4.69, 9.17) is 0 Å². The summed E-state index contributed by atoms with van der Waals surface area (Å²) in [4.78, 5) is 92.5. The number of likely N-dealkylation sites (N-methyl/N-ethyl adjacent to an activating group) is 1. The highest BCUT2D eigenvalue weighted by atomic mass is 16.4. The number of carbonyl (C=O) groups excluding carboxylic acids is 5. The number of carboxylic acid groups (broad SMARTS) is 2. The van der Waals surface area contributed by atoms with E-state index in [-0.39, 0.29) is 18.0 Å². The first-order valence-electron chi connectivity index (χ1n) is 17.9. The molecular formula is C39H55N5O9. The molecule has 2 rings (SSSR count). The number of rotatable bonds is 9. The summed E-state index contributed by atoms with van der Waals surface area (Å²) in [5.41, 5.74) is 1.85. The summed E-state index contributed by atoms with van der Waals surface area (Å²) >= 11 is 0. The molecule has 0 saturated carbocycles. The monoisotopic (exact) mass is 737 g/mol. The van der Waals surface area contributed by atoms with Crippen LogP contribution in [0.25, 0.3) is 0 Å². The molecule has 1 unspecified atom stereocenters. The number of amides is 5. The fourth-order valence-electron chi connectivity index (χ4n) is 5.83. The number of carbonyl (C=O) groups is 7. The smallest absolute Gasteiger partial charge is 0.327 e. The molecule has 1 aliphatic heterocycles. The van der Waals surface area contributed by atoms with E-state index >= 15 is 0 Å². The van der Waals surface area contributed by atoms with Crippen molar-refractivity contribution in [2.24, 2.45) is 23.7 Å². The molecule has 0 aromatic heterocycles. The first-order chi connectivity index (χ1) is 24.9. The minimum atomic E-state index is -1.74. The summed E-state index contributed by atoms with van der Waals surface area (Å²) in [6.07, 6.45) is 7.78. The summed E-state index contributed by atoms with van der Waals surface area (Å²) in [5.74, 6) is -9.43. The Morgan fingerprint density at radius 2 is 1.51 bits per heavy atom. The zero-order valence-electron chi connectivity index (χ0n) is 31.8. The van der Waals surface area contributed by atoms with Crippen LogP contribution in [-0.4, -0.2) is 87.8 Å². The number of benzene rings is 1. The van der Waals surface area contributed by atoms with Crippen molar-refractivity contribution in [3.05, 3.63) is 71.5 Å². The largest absolute Gasteiger partial charge is 0.480 e. The van der Waals surface area contributed by atoms with Crippen molar-refractivity contribution in [2.45, 2.75) is 98.3 Å². The van der Waals surface area contributed by atoms with Gasteiger partial charge in [-0.15, -0.1) is 0 Å². The highest BCUT2D eigenvalue weighted by Gasteiger charge is 2.37. The Morgan fingerprint density at radius 1 is 0.887 bits per heavy atom. The molecule has 1 saturated heterocycles. The van der Waals surface area contributed by atoms with Crippen LogP contribution in [0.3, 0.4) is 0 Å². The molecule has 1 heterocycles. The van der Waals surface area contributed by atoms with Crippen LogP contribution in [-0.2, 0) is 40.0 Å². The van der Waals surface area contributed by atoms with Gasteiger partial charge in [-0.25, -0.2) is 9.59 Å². The fourth-order valence-corrected chi connectivity index (χ4v) is 5.83. The Labute approximate surface area is 311 Å². The van der Waals surface area contributed by atoms with Crippen LogP contribution in [0.4, 0.5) is 0 Å². The maximum absolute atomic E-state index is 13.8. The zero-order valence-corrected chi connectivity index (χ0v) is 31.8. The van der Waals surface area contributed by atoms with Gasteiger partial charge in [-0.3, -0.25) is 24.0 Å². The molecule has 5 amide bonds. The van der Waals surface area contributed by atoms with Crippen molar-refractivity contribution in [3.63, 3.8) is 0 Å². The van der Waals surface area contributed by atoms with E-state index in [1.807, 2.05) is 25.1 Å². The number of hydrogen-bond acceptors (Lipinski definition) is 7. The van der Waals surface area contributed by atoms with E-state index in [0.717, 1.165) is 23.3 Å². The van der Waals surface area contributed by atoms with Crippen LogP contribution in [0, 0.1) is 23.7 Å². The van der Waals surface area contributed by atoms with E-state index in [0.29, 0.717) is 0 Å². The molecule has 7 atom stereocenters. The maximum atomic E-state index is 13.8. The molecule has 14 heteroatoms. The molecule has 0 radical (unpaired) electrons. The molecule has 0 spiro atoms. The molecule has 1 aliphatic rings. The Bertz CT molecular complexity index is 1590. The number of aryl methyl sites for hydroxylation is 1. The van der Waals surface area contributed by atoms with Gasteiger partial charge in [0.25, 0.3) is 5.91 Å². The summed E-state index contributed by atoms with van der Waals surface area (Å²) < 4.78 is 0. The molecule has 6 N–H and O–H groups in total. The van der Waals surface area contributed by atoms with Gasteiger partial charge in [-0.1, -0.05) is 94.8 Å². The normalized spacial score (nSPS) is 26.2. The van der Waals surface area contributed by atoms with Gasteiger partial charge in [-0.05, 0) is 50.5 Å². The Balaban J connectivity index is 2.53. The fraction of sp³-hybridized carbons (Fsp3) is 0.513. The number of allylic oxidation sites excluding steroid dienone is 4. The third-order valence-corrected chi connectivity index (χ3v) is 9.32. The molecule has 53 heavy (non-hydrogen) atoms. The first kappa shape index (κ1) is 43.9.